The van der Waals surface area contributed by atoms with Crippen molar-refractivity contribution in [1.29, 1.82) is 0 Å². The molecule has 37 heavy (non-hydrogen) atoms. The molecule has 1 aliphatic heterocycles. The Hall–Kier alpha value is -3.39. The molecule has 0 aliphatic carbocycles. The lowest BCUT2D eigenvalue weighted by molar-refractivity contribution is 0.0127. The van der Waals surface area contributed by atoms with Crippen molar-refractivity contribution < 1.29 is 18.3 Å². The number of benzene rings is 1. The molecule has 196 valence electrons. The van der Waals surface area contributed by atoms with Crippen LogP contribution in [0.1, 0.15) is 55.0 Å². The molecule has 0 saturated carbocycles. The summed E-state index contributed by atoms with van der Waals surface area (Å²) in [6.45, 7) is 12.3. The smallest absolute Gasteiger partial charge is 0.286 e. The molecule has 6 nitrogen and oxygen atoms in total. The van der Waals surface area contributed by atoms with Gasteiger partial charge in [-0.1, -0.05) is 19.9 Å². The fraction of sp³-hybridized carbons (Fsp3) is 0.414. The molecule has 4 rings (SSSR count). The summed E-state index contributed by atoms with van der Waals surface area (Å²) in [4.78, 5) is 23.7. The van der Waals surface area contributed by atoms with E-state index in [0.29, 0.717) is 18.9 Å². The number of aryl methyl sites for hydroxylation is 1. The number of amides is 1. The Bertz CT molecular complexity index is 1290. The molecule has 0 spiro atoms. The Labute approximate surface area is 217 Å². The molecule has 0 unspecified atom stereocenters. The van der Waals surface area contributed by atoms with Gasteiger partial charge in [0, 0.05) is 55.8 Å². The SMILES string of the molecule is CCOCCN1CC(C)(C)Cc2ncc(-c3cc(NC(=O)c4ccnc(C(C)(F)F)c4)ccc3C)cc21. The zero-order valence-corrected chi connectivity index (χ0v) is 22.1. The molecule has 3 aromatic rings. The van der Waals surface area contributed by atoms with Gasteiger partial charge in [-0.05, 0) is 67.1 Å². The maximum Gasteiger partial charge on any atom is 0.286 e. The lowest BCUT2D eigenvalue weighted by atomic mass is 9.83. The van der Waals surface area contributed by atoms with E-state index in [1.54, 1.807) is 6.07 Å². The molecule has 0 radical (unpaired) electrons. The number of carbonyl (C=O) groups excluding carboxylic acids is 1. The van der Waals surface area contributed by atoms with Gasteiger partial charge in [-0.25, -0.2) is 0 Å². The second-order valence-corrected chi connectivity index (χ2v) is 10.5. The van der Waals surface area contributed by atoms with Gasteiger partial charge in [-0.2, -0.15) is 8.78 Å². The minimum absolute atomic E-state index is 0.114. The van der Waals surface area contributed by atoms with E-state index < -0.39 is 17.5 Å². The van der Waals surface area contributed by atoms with Gasteiger partial charge in [0.1, 0.15) is 5.69 Å². The first-order valence-electron chi connectivity index (χ1n) is 12.6. The van der Waals surface area contributed by atoms with Crippen molar-refractivity contribution in [2.75, 3.05) is 36.5 Å². The van der Waals surface area contributed by atoms with E-state index in [0.717, 1.165) is 60.6 Å². The topological polar surface area (TPSA) is 67.3 Å². The summed E-state index contributed by atoms with van der Waals surface area (Å²) in [5.41, 5.74) is 5.47. The van der Waals surface area contributed by atoms with E-state index in [4.69, 9.17) is 9.72 Å². The van der Waals surface area contributed by atoms with E-state index >= 15 is 0 Å². The number of nitrogens with one attached hydrogen (secondary N) is 1. The average molecular weight is 509 g/mol. The quantitative estimate of drug-likeness (QED) is 0.365. The van der Waals surface area contributed by atoms with E-state index in [9.17, 15) is 13.6 Å². The second kappa shape index (κ2) is 10.5. The van der Waals surface area contributed by atoms with Crippen molar-refractivity contribution >= 4 is 17.3 Å². The number of anilines is 2. The van der Waals surface area contributed by atoms with Crippen LogP contribution in [0.5, 0.6) is 0 Å². The fourth-order valence-electron chi connectivity index (χ4n) is 4.69. The summed E-state index contributed by atoms with van der Waals surface area (Å²) in [5, 5.41) is 2.83. The van der Waals surface area contributed by atoms with Crippen LogP contribution in [0.2, 0.25) is 0 Å². The number of fused-ring (bicyclic) bond motifs is 1. The largest absolute Gasteiger partial charge is 0.380 e. The first-order chi connectivity index (χ1) is 17.5. The number of alkyl halides is 2. The Kier molecular flexibility index (Phi) is 7.59. The molecule has 0 fully saturated rings. The molecule has 1 N–H and O–H groups in total. The molecule has 8 heteroatoms. The molecule has 1 amide bonds. The van der Waals surface area contributed by atoms with Gasteiger partial charge in [-0.15, -0.1) is 0 Å². The summed E-state index contributed by atoms with van der Waals surface area (Å²) in [6, 6.07) is 10.3. The van der Waals surface area contributed by atoms with Crippen LogP contribution in [0.15, 0.2) is 48.8 Å². The van der Waals surface area contributed by atoms with E-state index in [2.05, 4.69) is 35.1 Å². The summed E-state index contributed by atoms with van der Waals surface area (Å²) in [6.07, 6.45) is 4.00. The molecule has 1 aliphatic rings. The number of pyridine rings is 2. The Morgan fingerprint density at radius 2 is 1.97 bits per heavy atom. The van der Waals surface area contributed by atoms with Crippen LogP contribution in [0, 0.1) is 12.3 Å². The molecule has 0 saturated heterocycles. The highest BCUT2D eigenvalue weighted by Crippen LogP contribution is 2.38. The molecule has 3 heterocycles. The van der Waals surface area contributed by atoms with Crippen molar-refractivity contribution in [3.63, 3.8) is 0 Å². The van der Waals surface area contributed by atoms with Crippen molar-refractivity contribution in [1.82, 2.24) is 9.97 Å². The lowest BCUT2D eigenvalue weighted by Gasteiger charge is -2.40. The third-order valence-electron chi connectivity index (χ3n) is 6.54. The van der Waals surface area contributed by atoms with Crippen LogP contribution in [0.3, 0.4) is 0 Å². The number of halogens is 2. The van der Waals surface area contributed by atoms with E-state index in [-0.39, 0.29) is 11.0 Å². The number of nitrogens with zero attached hydrogens (tertiary/aromatic N) is 3. The highest BCUT2D eigenvalue weighted by molar-refractivity contribution is 6.04. The van der Waals surface area contributed by atoms with Crippen LogP contribution in [-0.2, 0) is 17.1 Å². The maximum atomic E-state index is 13.7. The maximum absolute atomic E-state index is 13.7. The first kappa shape index (κ1) is 26.7. The minimum atomic E-state index is -3.13. The van der Waals surface area contributed by atoms with Gasteiger partial charge in [0.2, 0.25) is 0 Å². The zero-order valence-electron chi connectivity index (χ0n) is 22.1. The summed E-state index contributed by atoms with van der Waals surface area (Å²) >= 11 is 0. The predicted molar refractivity (Wildman–Crippen MR) is 142 cm³/mol. The van der Waals surface area contributed by atoms with Gasteiger partial charge >= 0.3 is 0 Å². The van der Waals surface area contributed by atoms with Crippen molar-refractivity contribution in [2.45, 2.75) is 47.0 Å². The Morgan fingerprint density at radius 1 is 1.19 bits per heavy atom. The van der Waals surface area contributed by atoms with Crippen LogP contribution < -0.4 is 10.2 Å². The third kappa shape index (κ3) is 6.31. The normalized spacial score (nSPS) is 14.8. The molecule has 0 bridgehead atoms. The summed E-state index contributed by atoms with van der Waals surface area (Å²) in [5.74, 6) is -3.60. The van der Waals surface area contributed by atoms with Crippen LogP contribution in [0.4, 0.5) is 20.2 Å². The number of hydrogen-bond acceptors (Lipinski definition) is 5. The Morgan fingerprint density at radius 3 is 2.70 bits per heavy atom. The highest BCUT2D eigenvalue weighted by atomic mass is 19.3. The van der Waals surface area contributed by atoms with Crippen molar-refractivity contribution in [2.24, 2.45) is 5.41 Å². The second-order valence-electron chi connectivity index (χ2n) is 10.5. The van der Waals surface area contributed by atoms with Crippen molar-refractivity contribution in [3.05, 3.63) is 71.3 Å². The predicted octanol–water partition coefficient (Wildman–Crippen LogP) is 6.24. The summed E-state index contributed by atoms with van der Waals surface area (Å²) < 4.78 is 33.0. The monoisotopic (exact) mass is 508 g/mol. The standard InChI is InChI=1S/C29H34F2N4O2/c1-6-37-12-11-35-18-28(3,4)16-24-25(35)13-21(17-33-24)23-15-22(8-7-19(23)2)34-27(36)20-9-10-32-26(14-20)29(5,30)31/h7-10,13-15,17H,6,11-12,16,18H2,1-5H3,(H,34,36). The van der Waals surface area contributed by atoms with E-state index in [1.165, 1.54) is 12.3 Å². The van der Waals surface area contributed by atoms with Crippen LogP contribution in [0.25, 0.3) is 11.1 Å². The number of carbonyl (C=O) groups is 1. The lowest BCUT2D eigenvalue weighted by Crippen LogP contribution is -2.42. The minimum Gasteiger partial charge on any atom is -0.380 e. The number of rotatable bonds is 8. The van der Waals surface area contributed by atoms with Crippen molar-refractivity contribution in [3.8, 4) is 11.1 Å². The number of aromatic nitrogens is 2. The molecule has 0 atom stereocenters. The highest BCUT2D eigenvalue weighted by Gasteiger charge is 2.31. The molecular weight excluding hydrogens is 474 g/mol. The number of ether oxygens (including phenoxy) is 1. The van der Waals surface area contributed by atoms with Crippen LogP contribution in [-0.4, -0.2) is 42.2 Å². The molecular formula is C29H34F2N4O2. The molecule has 1 aromatic carbocycles. The number of hydrogen-bond donors (Lipinski definition) is 1. The van der Waals surface area contributed by atoms with Gasteiger partial charge in [0.15, 0.2) is 0 Å². The zero-order chi connectivity index (χ0) is 26.8. The molecule has 2 aromatic heterocycles. The first-order valence-corrected chi connectivity index (χ1v) is 12.6. The summed E-state index contributed by atoms with van der Waals surface area (Å²) in [7, 11) is 0. The van der Waals surface area contributed by atoms with Gasteiger partial charge in [0.25, 0.3) is 11.8 Å². The van der Waals surface area contributed by atoms with Gasteiger partial charge in [0.05, 0.1) is 18.0 Å². The van der Waals surface area contributed by atoms with E-state index in [1.807, 2.05) is 32.2 Å². The Balaban J connectivity index is 1.61. The fourth-order valence-corrected chi connectivity index (χ4v) is 4.69. The third-order valence-corrected chi connectivity index (χ3v) is 6.54. The van der Waals surface area contributed by atoms with Gasteiger partial charge < -0.3 is 15.0 Å². The van der Waals surface area contributed by atoms with Gasteiger partial charge in [-0.3, -0.25) is 14.8 Å². The van der Waals surface area contributed by atoms with Crippen LogP contribution >= 0.6 is 0 Å². The average Bonchev–Trinajstić information content (AvgIpc) is 2.84.